The van der Waals surface area contributed by atoms with E-state index in [4.69, 9.17) is 4.74 Å². The highest BCUT2D eigenvalue weighted by atomic mass is 16.5. The summed E-state index contributed by atoms with van der Waals surface area (Å²) in [7, 11) is 0. The Morgan fingerprint density at radius 2 is 2.29 bits per heavy atom. The van der Waals surface area contributed by atoms with Gasteiger partial charge < -0.3 is 15.0 Å². The Bertz CT molecular complexity index is 252. The second-order valence-corrected chi connectivity index (χ2v) is 5.03. The summed E-state index contributed by atoms with van der Waals surface area (Å²) in [6, 6.07) is 0.316. The summed E-state index contributed by atoms with van der Waals surface area (Å²) in [5.41, 5.74) is 0. The van der Waals surface area contributed by atoms with Gasteiger partial charge in [0, 0.05) is 19.7 Å². The van der Waals surface area contributed by atoms with Crippen LogP contribution < -0.4 is 5.32 Å². The maximum Gasteiger partial charge on any atom is 0.227 e. The highest BCUT2D eigenvalue weighted by Gasteiger charge is 2.32. The van der Waals surface area contributed by atoms with Crippen LogP contribution in [-0.2, 0) is 9.53 Å². The topological polar surface area (TPSA) is 41.6 Å². The standard InChI is InChI=1S/C13H24N2O2/c1-2-17-10-12-5-3-4-8-15(12)13(16)11-6-7-14-9-11/h11-12,14H,2-10H2,1H3. The number of likely N-dealkylation sites (tertiary alicyclic amines) is 1. The van der Waals surface area contributed by atoms with E-state index in [9.17, 15) is 4.79 Å². The number of nitrogens with one attached hydrogen (secondary N) is 1. The molecule has 2 saturated heterocycles. The van der Waals surface area contributed by atoms with E-state index in [2.05, 4.69) is 10.2 Å². The van der Waals surface area contributed by atoms with Crippen LogP contribution in [0.25, 0.3) is 0 Å². The summed E-state index contributed by atoms with van der Waals surface area (Å²) in [5.74, 6) is 0.552. The lowest BCUT2D eigenvalue weighted by Crippen LogP contribution is -2.48. The molecule has 0 aromatic rings. The summed E-state index contributed by atoms with van der Waals surface area (Å²) < 4.78 is 5.51. The first-order valence-electron chi connectivity index (χ1n) is 6.92. The second-order valence-electron chi connectivity index (χ2n) is 5.03. The summed E-state index contributed by atoms with van der Waals surface area (Å²) >= 11 is 0. The van der Waals surface area contributed by atoms with Gasteiger partial charge in [-0.05, 0) is 39.2 Å². The lowest BCUT2D eigenvalue weighted by atomic mass is 9.99. The molecule has 0 radical (unpaired) electrons. The predicted octanol–water partition coefficient (Wildman–Crippen LogP) is 1.01. The minimum Gasteiger partial charge on any atom is -0.380 e. The molecule has 4 nitrogen and oxygen atoms in total. The summed E-state index contributed by atoms with van der Waals surface area (Å²) in [6.45, 7) is 6.23. The van der Waals surface area contributed by atoms with E-state index >= 15 is 0 Å². The molecule has 2 aliphatic rings. The average molecular weight is 240 g/mol. The molecule has 2 rings (SSSR count). The van der Waals surface area contributed by atoms with Crippen molar-refractivity contribution in [1.29, 1.82) is 0 Å². The van der Waals surface area contributed by atoms with Gasteiger partial charge in [0.05, 0.1) is 18.6 Å². The first-order chi connectivity index (χ1) is 8.33. The van der Waals surface area contributed by atoms with Crippen LogP contribution in [-0.4, -0.2) is 49.7 Å². The van der Waals surface area contributed by atoms with Gasteiger partial charge in [-0.3, -0.25) is 4.79 Å². The van der Waals surface area contributed by atoms with Crippen LogP contribution in [0.4, 0.5) is 0 Å². The lowest BCUT2D eigenvalue weighted by Gasteiger charge is -2.37. The van der Waals surface area contributed by atoms with E-state index in [0.717, 1.165) is 45.5 Å². The van der Waals surface area contributed by atoms with Crippen molar-refractivity contribution < 1.29 is 9.53 Å². The van der Waals surface area contributed by atoms with Crippen molar-refractivity contribution in [1.82, 2.24) is 10.2 Å². The summed E-state index contributed by atoms with van der Waals surface area (Å²) in [6.07, 6.45) is 4.47. The van der Waals surface area contributed by atoms with Crippen LogP contribution >= 0.6 is 0 Å². The van der Waals surface area contributed by atoms with Gasteiger partial charge in [-0.15, -0.1) is 0 Å². The van der Waals surface area contributed by atoms with Crippen LogP contribution in [0.1, 0.15) is 32.6 Å². The van der Waals surface area contributed by atoms with Crippen molar-refractivity contribution in [3.05, 3.63) is 0 Å². The quantitative estimate of drug-likeness (QED) is 0.797. The van der Waals surface area contributed by atoms with Gasteiger partial charge in [0.1, 0.15) is 0 Å². The van der Waals surface area contributed by atoms with E-state index in [1.807, 2.05) is 6.92 Å². The largest absolute Gasteiger partial charge is 0.380 e. The van der Waals surface area contributed by atoms with Crippen molar-refractivity contribution in [2.24, 2.45) is 5.92 Å². The van der Waals surface area contributed by atoms with Crippen LogP contribution in [0.3, 0.4) is 0 Å². The zero-order valence-electron chi connectivity index (χ0n) is 10.8. The van der Waals surface area contributed by atoms with Crippen molar-refractivity contribution >= 4 is 5.91 Å². The summed E-state index contributed by atoms with van der Waals surface area (Å²) in [5, 5.41) is 3.27. The van der Waals surface area contributed by atoms with E-state index in [1.165, 1.54) is 6.42 Å². The van der Waals surface area contributed by atoms with E-state index in [0.29, 0.717) is 18.6 Å². The molecule has 1 N–H and O–H groups in total. The molecule has 2 fully saturated rings. The van der Waals surface area contributed by atoms with Crippen LogP contribution in [0, 0.1) is 5.92 Å². The maximum atomic E-state index is 12.4. The van der Waals surface area contributed by atoms with Crippen LogP contribution in [0.5, 0.6) is 0 Å². The first-order valence-corrected chi connectivity index (χ1v) is 6.92. The highest BCUT2D eigenvalue weighted by Crippen LogP contribution is 2.21. The average Bonchev–Trinajstić information content (AvgIpc) is 2.89. The SMILES string of the molecule is CCOCC1CCCCN1C(=O)C1CCNC1. The van der Waals surface area contributed by atoms with Crippen molar-refractivity contribution in [3.8, 4) is 0 Å². The number of carbonyl (C=O) groups is 1. The molecule has 0 saturated carbocycles. The van der Waals surface area contributed by atoms with Crippen LogP contribution in [0.2, 0.25) is 0 Å². The normalized spacial score (nSPS) is 29.6. The number of ether oxygens (including phenoxy) is 1. The number of carbonyl (C=O) groups excluding carboxylic acids is 1. The molecule has 2 atom stereocenters. The van der Waals surface area contributed by atoms with Gasteiger partial charge in [-0.25, -0.2) is 0 Å². The fourth-order valence-electron chi connectivity index (χ4n) is 2.82. The van der Waals surface area contributed by atoms with E-state index < -0.39 is 0 Å². The molecule has 2 aliphatic heterocycles. The molecule has 0 aromatic heterocycles. The fraction of sp³-hybridized carbons (Fsp3) is 0.923. The summed E-state index contributed by atoms with van der Waals surface area (Å²) in [4.78, 5) is 14.5. The number of hydrogen-bond acceptors (Lipinski definition) is 3. The molecular weight excluding hydrogens is 216 g/mol. The third kappa shape index (κ3) is 3.19. The number of rotatable bonds is 4. The highest BCUT2D eigenvalue weighted by molar-refractivity contribution is 5.79. The number of nitrogens with zero attached hydrogens (tertiary/aromatic N) is 1. The Kier molecular flexibility index (Phi) is 4.80. The Morgan fingerprint density at radius 3 is 3.00 bits per heavy atom. The third-order valence-corrected chi connectivity index (χ3v) is 3.83. The Labute approximate surface area is 104 Å². The lowest BCUT2D eigenvalue weighted by molar-refractivity contribution is -0.140. The third-order valence-electron chi connectivity index (χ3n) is 3.83. The van der Waals surface area contributed by atoms with Crippen LogP contribution in [0.15, 0.2) is 0 Å². The Hall–Kier alpha value is -0.610. The van der Waals surface area contributed by atoms with E-state index in [-0.39, 0.29) is 5.92 Å². The number of piperidine rings is 1. The van der Waals surface area contributed by atoms with Crippen molar-refractivity contribution in [2.75, 3.05) is 32.8 Å². The maximum absolute atomic E-state index is 12.4. The predicted molar refractivity (Wildman–Crippen MR) is 66.8 cm³/mol. The fourth-order valence-corrected chi connectivity index (χ4v) is 2.82. The second kappa shape index (κ2) is 6.36. The molecule has 0 aliphatic carbocycles. The molecule has 1 amide bonds. The number of hydrogen-bond donors (Lipinski definition) is 1. The van der Waals surface area contributed by atoms with Gasteiger partial charge >= 0.3 is 0 Å². The van der Waals surface area contributed by atoms with Crippen molar-refractivity contribution in [3.63, 3.8) is 0 Å². The molecule has 0 spiro atoms. The van der Waals surface area contributed by atoms with Crippen molar-refractivity contribution in [2.45, 2.75) is 38.6 Å². The minimum absolute atomic E-state index is 0.206. The van der Waals surface area contributed by atoms with Gasteiger partial charge in [-0.1, -0.05) is 0 Å². The molecular formula is C13H24N2O2. The van der Waals surface area contributed by atoms with Gasteiger partial charge in [0.25, 0.3) is 0 Å². The zero-order chi connectivity index (χ0) is 12.1. The molecule has 17 heavy (non-hydrogen) atoms. The van der Waals surface area contributed by atoms with E-state index in [1.54, 1.807) is 0 Å². The molecule has 2 unspecified atom stereocenters. The van der Waals surface area contributed by atoms with Gasteiger partial charge in [0.2, 0.25) is 5.91 Å². The Morgan fingerprint density at radius 1 is 1.41 bits per heavy atom. The molecule has 0 bridgehead atoms. The smallest absolute Gasteiger partial charge is 0.227 e. The zero-order valence-corrected chi connectivity index (χ0v) is 10.8. The minimum atomic E-state index is 0.206. The van der Waals surface area contributed by atoms with Gasteiger partial charge in [0.15, 0.2) is 0 Å². The number of amides is 1. The molecule has 4 heteroatoms. The molecule has 98 valence electrons. The monoisotopic (exact) mass is 240 g/mol. The van der Waals surface area contributed by atoms with Gasteiger partial charge in [-0.2, -0.15) is 0 Å². The molecule has 0 aromatic carbocycles. The Balaban J connectivity index is 1.92. The molecule has 2 heterocycles. The first kappa shape index (κ1) is 12.8.